The molecule has 1 amide bonds. The van der Waals surface area contributed by atoms with E-state index in [1.54, 1.807) is 30.0 Å². The molecule has 0 radical (unpaired) electrons. The molecule has 0 aliphatic carbocycles. The number of nitrogens with one attached hydrogen (secondary N) is 3. The quantitative estimate of drug-likeness (QED) is 0.209. The maximum absolute atomic E-state index is 13.6. The number of aromatic amines is 1. The zero-order chi connectivity index (χ0) is 28.6. The molecule has 0 spiro atoms. The Hall–Kier alpha value is -3.57. The van der Waals surface area contributed by atoms with Crippen LogP contribution in [0, 0.1) is 13.8 Å². The van der Waals surface area contributed by atoms with Crippen LogP contribution in [-0.4, -0.2) is 50.0 Å². The van der Waals surface area contributed by atoms with Gasteiger partial charge in [-0.05, 0) is 63.4 Å². The molecular weight excluding hydrogens is 548 g/mol. The van der Waals surface area contributed by atoms with E-state index in [-0.39, 0.29) is 28.4 Å². The first-order valence-electron chi connectivity index (χ1n) is 13.2. The molecule has 12 heteroatoms. The van der Waals surface area contributed by atoms with E-state index < -0.39 is 0 Å². The molecule has 5 rings (SSSR count). The van der Waals surface area contributed by atoms with Gasteiger partial charge in [0.25, 0.3) is 11.5 Å². The van der Waals surface area contributed by atoms with Crippen molar-refractivity contribution >= 4 is 52.0 Å². The van der Waals surface area contributed by atoms with Crippen LogP contribution in [0.2, 0.25) is 5.15 Å². The number of pyridine rings is 1. The summed E-state index contributed by atoms with van der Waals surface area (Å²) in [6, 6.07) is 9.13. The Bertz CT molecular complexity index is 1630. The summed E-state index contributed by atoms with van der Waals surface area (Å²) in [5, 5.41) is 11.7. The summed E-state index contributed by atoms with van der Waals surface area (Å²) >= 11 is 7.29. The third-order valence-corrected chi connectivity index (χ3v) is 7.96. The minimum Gasteiger partial charge on any atom is -0.377 e. The highest BCUT2D eigenvalue weighted by molar-refractivity contribution is 7.97. The Morgan fingerprint density at radius 3 is 2.60 bits per heavy atom. The van der Waals surface area contributed by atoms with Gasteiger partial charge in [0, 0.05) is 43.6 Å². The van der Waals surface area contributed by atoms with E-state index in [9.17, 15) is 9.59 Å². The van der Waals surface area contributed by atoms with Crippen LogP contribution in [0.1, 0.15) is 64.7 Å². The standard InChI is InChI=1S/C28H33ClN8O2S/c1-15-12-19(17(3)30-21-6-7-23(29)31-25(21)26(38)35-40-5)24-20(13-15)27(39)36(4)28(32-24)37-10-8-18(9-11-37)22-14-16(2)33-34-22/h6-7,12-14,17-18,30H,8-11H2,1-5H3,(H,33,34)(H,35,38). The lowest BCUT2D eigenvalue weighted by Gasteiger charge is -2.33. The van der Waals surface area contributed by atoms with Gasteiger partial charge in [0.1, 0.15) is 5.15 Å². The molecule has 40 heavy (non-hydrogen) atoms. The molecule has 1 aromatic carbocycles. The molecule has 1 unspecified atom stereocenters. The van der Waals surface area contributed by atoms with Gasteiger partial charge in [0.05, 0.1) is 28.3 Å². The number of hydrogen-bond acceptors (Lipinski definition) is 8. The Morgan fingerprint density at radius 2 is 1.93 bits per heavy atom. The summed E-state index contributed by atoms with van der Waals surface area (Å²) in [5.41, 5.74) is 5.27. The largest absolute Gasteiger partial charge is 0.377 e. The normalized spacial score (nSPS) is 14.9. The number of piperidine rings is 1. The number of hydrogen-bond donors (Lipinski definition) is 3. The number of H-pyrrole nitrogens is 1. The minimum atomic E-state index is -0.346. The Balaban J connectivity index is 1.49. The highest BCUT2D eigenvalue weighted by Crippen LogP contribution is 2.32. The first-order chi connectivity index (χ1) is 19.2. The van der Waals surface area contributed by atoms with Crippen LogP contribution in [0.15, 0.2) is 35.1 Å². The second-order valence-electron chi connectivity index (χ2n) is 10.3. The van der Waals surface area contributed by atoms with Crippen LogP contribution in [0.3, 0.4) is 0 Å². The maximum Gasteiger partial charge on any atom is 0.281 e. The minimum absolute atomic E-state index is 0.0876. The summed E-state index contributed by atoms with van der Waals surface area (Å²) in [6.45, 7) is 7.52. The van der Waals surface area contributed by atoms with Crippen LogP contribution in [0.25, 0.3) is 10.9 Å². The number of halogens is 1. The van der Waals surface area contributed by atoms with Gasteiger partial charge in [-0.1, -0.05) is 29.6 Å². The number of amides is 1. The fraction of sp³-hybridized carbons (Fsp3) is 0.393. The molecule has 0 saturated carbocycles. The molecule has 1 saturated heterocycles. The number of anilines is 2. The average molecular weight is 581 g/mol. The van der Waals surface area contributed by atoms with Gasteiger partial charge in [-0.3, -0.25) is 24.0 Å². The first kappa shape index (κ1) is 28.0. The fourth-order valence-electron chi connectivity index (χ4n) is 5.35. The highest BCUT2D eigenvalue weighted by atomic mass is 35.5. The molecule has 1 aliphatic rings. The van der Waals surface area contributed by atoms with Gasteiger partial charge < -0.3 is 10.2 Å². The number of nitrogens with zero attached hydrogens (tertiary/aromatic N) is 5. The van der Waals surface area contributed by atoms with Gasteiger partial charge in [-0.15, -0.1) is 0 Å². The molecule has 1 fully saturated rings. The lowest BCUT2D eigenvalue weighted by molar-refractivity contribution is 0.0980. The van der Waals surface area contributed by atoms with Crippen molar-refractivity contribution in [2.75, 3.05) is 29.6 Å². The van der Waals surface area contributed by atoms with Crippen molar-refractivity contribution in [3.63, 3.8) is 0 Å². The van der Waals surface area contributed by atoms with Crippen molar-refractivity contribution in [3.8, 4) is 0 Å². The average Bonchev–Trinajstić information content (AvgIpc) is 3.38. The lowest BCUT2D eigenvalue weighted by atomic mass is 9.93. The molecule has 10 nitrogen and oxygen atoms in total. The fourth-order valence-corrected chi connectivity index (χ4v) is 5.78. The van der Waals surface area contributed by atoms with Crippen LogP contribution in [0.4, 0.5) is 11.6 Å². The van der Waals surface area contributed by atoms with Crippen LogP contribution in [0.5, 0.6) is 0 Å². The predicted octanol–water partition coefficient (Wildman–Crippen LogP) is 4.89. The maximum atomic E-state index is 13.6. The molecule has 3 N–H and O–H groups in total. The molecule has 4 heterocycles. The second-order valence-corrected chi connectivity index (χ2v) is 11.3. The molecule has 210 valence electrons. The summed E-state index contributed by atoms with van der Waals surface area (Å²) in [4.78, 5) is 37.8. The second kappa shape index (κ2) is 11.5. The SMILES string of the molecule is CSNC(=O)c1nc(Cl)ccc1NC(C)c1cc(C)cc2c(=O)n(C)c(N3CCC(c4cc(C)[nH]n4)CC3)nc12. The van der Waals surface area contributed by atoms with E-state index >= 15 is 0 Å². The monoisotopic (exact) mass is 580 g/mol. The van der Waals surface area contributed by atoms with E-state index in [1.165, 1.54) is 11.9 Å². The number of fused-ring (bicyclic) bond motifs is 1. The first-order valence-corrected chi connectivity index (χ1v) is 14.8. The number of benzene rings is 1. The van der Waals surface area contributed by atoms with Crippen LogP contribution < -0.4 is 20.5 Å². The van der Waals surface area contributed by atoms with E-state index in [4.69, 9.17) is 16.6 Å². The molecule has 1 aliphatic heterocycles. The van der Waals surface area contributed by atoms with E-state index in [1.807, 2.05) is 32.9 Å². The van der Waals surface area contributed by atoms with Crippen LogP contribution in [-0.2, 0) is 7.05 Å². The van der Waals surface area contributed by atoms with Gasteiger partial charge in [0.15, 0.2) is 5.69 Å². The summed E-state index contributed by atoms with van der Waals surface area (Å²) in [5.74, 6) is 0.688. The summed E-state index contributed by atoms with van der Waals surface area (Å²) in [7, 11) is 1.78. The van der Waals surface area contributed by atoms with Gasteiger partial charge in [-0.2, -0.15) is 5.10 Å². The predicted molar refractivity (Wildman–Crippen MR) is 161 cm³/mol. The Labute approximate surface area is 242 Å². The van der Waals surface area contributed by atoms with Crippen molar-refractivity contribution in [2.45, 2.75) is 45.6 Å². The molecule has 1 atom stereocenters. The van der Waals surface area contributed by atoms with Gasteiger partial charge in [-0.25, -0.2) is 9.97 Å². The number of aromatic nitrogens is 5. The van der Waals surface area contributed by atoms with Gasteiger partial charge in [0.2, 0.25) is 5.95 Å². The van der Waals surface area contributed by atoms with Crippen molar-refractivity contribution in [2.24, 2.45) is 7.05 Å². The van der Waals surface area contributed by atoms with Crippen molar-refractivity contribution in [1.82, 2.24) is 29.5 Å². The summed E-state index contributed by atoms with van der Waals surface area (Å²) in [6.07, 6.45) is 3.63. The van der Waals surface area contributed by atoms with Crippen LogP contribution >= 0.6 is 23.5 Å². The molecular formula is C28H33ClN8O2S. The lowest BCUT2D eigenvalue weighted by Crippen LogP contribution is -2.37. The smallest absolute Gasteiger partial charge is 0.281 e. The van der Waals surface area contributed by atoms with Crippen molar-refractivity contribution in [3.05, 3.63) is 74.0 Å². The van der Waals surface area contributed by atoms with E-state index in [0.29, 0.717) is 28.5 Å². The van der Waals surface area contributed by atoms with Gasteiger partial charge >= 0.3 is 0 Å². The Kier molecular flexibility index (Phi) is 8.04. The Morgan fingerprint density at radius 1 is 1.18 bits per heavy atom. The number of carbonyl (C=O) groups excluding carboxylic acids is 1. The third kappa shape index (κ3) is 5.53. The topological polar surface area (TPSA) is 121 Å². The zero-order valence-corrected chi connectivity index (χ0v) is 24.8. The van der Waals surface area contributed by atoms with Crippen molar-refractivity contribution in [1.29, 1.82) is 0 Å². The third-order valence-electron chi connectivity index (χ3n) is 7.36. The molecule has 0 bridgehead atoms. The van der Waals surface area contributed by atoms with Crippen molar-refractivity contribution < 1.29 is 4.79 Å². The zero-order valence-electron chi connectivity index (χ0n) is 23.2. The molecule has 3 aromatic heterocycles. The molecule has 4 aromatic rings. The highest BCUT2D eigenvalue weighted by Gasteiger charge is 2.26. The van der Waals surface area contributed by atoms with E-state index in [2.05, 4.69) is 36.2 Å². The number of aryl methyl sites for hydroxylation is 2. The number of carbonyl (C=O) groups is 1. The number of rotatable bonds is 7. The summed E-state index contributed by atoms with van der Waals surface area (Å²) < 4.78 is 4.35. The van der Waals surface area contributed by atoms with E-state index in [0.717, 1.165) is 48.4 Å².